The molecule has 0 bridgehead atoms. The fraction of sp³-hybridized carbons (Fsp3) is 0.583. The van der Waals surface area contributed by atoms with Gasteiger partial charge in [0.15, 0.2) is 0 Å². The van der Waals surface area contributed by atoms with Gasteiger partial charge in [0.1, 0.15) is 5.82 Å². The van der Waals surface area contributed by atoms with Gasteiger partial charge in [0.2, 0.25) is 0 Å². The highest BCUT2D eigenvalue weighted by atomic mass is 15.0. The minimum atomic E-state index is 0.0578. The maximum Gasteiger partial charge on any atom is 0.129 e. The Morgan fingerprint density at radius 1 is 1.33 bits per heavy atom. The van der Waals surface area contributed by atoms with Gasteiger partial charge in [-0.3, -0.25) is 0 Å². The zero-order valence-electron chi connectivity index (χ0n) is 10.3. The topological polar surface area (TPSA) is 37.0 Å². The predicted molar refractivity (Wildman–Crippen MR) is 65.1 cm³/mol. The summed E-state index contributed by atoms with van der Waals surface area (Å²) in [6.45, 7) is 9.35. The maximum atomic E-state index is 4.43. The van der Waals surface area contributed by atoms with E-state index < -0.39 is 0 Å². The SMILES string of the molecule is CNCc1cnc(NC(C)(C)C)c(C)c1. The monoisotopic (exact) mass is 207 g/mol. The first-order valence-corrected chi connectivity index (χ1v) is 5.30. The van der Waals surface area contributed by atoms with Crippen LogP contribution in [-0.2, 0) is 6.54 Å². The van der Waals surface area contributed by atoms with Crippen molar-refractivity contribution in [1.82, 2.24) is 10.3 Å². The van der Waals surface area contributed by atoms with Crippen LogP contribution in [0.5, 0.6) is 0 Å². The van der Waals surface area contributed by atoms with E-state index in [-0.39, 0.29) is 5.54 Å². The van der Waals surface area contributed by atoms with Crippen LogP contribution < -0.4 is 10.6 Å². The summed E-state index contributed by atoms with van der Waals surface area (Å²) in [7, 11) is 1.94. The van der Waals surface area contributed by atoms with E-state index in [0.717, 1.165) is 12.4 Å². The summed E-state index contributed by atoms with van der Waals surface area (Å²) in [4.78, 5) is 4.43. The lowest BCUT2D eigenvalue weighted by atomic mass is 10.1. The molecule has 1 aromatic rings. The Morgan fingerprint density at radius 2 is 2.00 bits per heavy atom. The van der Waals surface area contributed by atoms with Crippen LogP contribution in [0.2, 0.25) is 0 Å². The second kappa shape index (κ2) is 4.62. The van der Waals surface area contributed by atoms with Crippen molar-refractivity contribution >= 4 is 5.82 Å². The first-order valence-electron chi connectivity index (χ1n) is 5.30. The van der Waals surface area contributed by atoms with Crippen LogP contribution in [0.15, 0.2) is 12.3 Å². The van der Waals surface area contributed by atoms with Crippen molar-refractivity contribution in [3.63, 3.8) is 0 Å². The average Bonchev–Trinajstić information content (AvgIpc) is 2.08. The highest BCUT2D eigenvalue weighted by molar-refractivity contribution is 5.46. The molecule has 0 aliphatic rings. The second-order valence-electron chi connectivity index (χ2n) is 4.91. The van der Waals surface area contributed by atoms with E-state index in [0.29, 0.717) is 0 Å². The van der Waals surface area contributed by atoms with E-state index >= 15 is 0 Å². The summed E-state index contributed by atoms with van der Waals surface area (Å²) in [5, 5.41) is 6.51. The second-order valence-corrected chi connectivity index (χ2v) is 4.91. The molecule has 1 rings (SSSR count). The fourth-order valence-electron chi connectivity index (χ4n) is 1.42. The normalized spacial score (nSPS) is 11.5. The van der Waals surface area contributed by atoms with E-state index in [9.17, 15) is 0 Å². The third kappa shape index (κ3) is 3.88. The molecule has 3 heteroatoms. The van der Waals surface area contributed by atoms with Crippen molar-refractivity contribution in [2.45, 2.75) is 39.8 Å². The van der Waals surface area contributed by atoms with Gasteiger partial charge in [-0.25, -0.2) is 4.98 Å². The van der Waals surface area contributed by atoms with Crippen molar-refractivity contribution < 1.29 is 0 Å². The summed E-state index contributed by atoms with van der Waals surface area (Å²) < 4.78 is 0. The summed E-state index contributed by atoms with van der Waals surface area (Å²) >= 11 is 0. The minimum Gasteiger partial charge on any atom is -0.365 e. The van der Waals surface area contributed by atoms with Gasteiger partial charge in [-0.1, -0.05) is 0 Å². The average molecular weight is 207 g/mol. The molecule has 0 spiro atoms. The van der Waals surface area contributed by atoms with Crippen molar-refractivity contribution in [3.05, 3.63) is 23.4 Å². The fourth-order valence-corrected chi connectivity index (χ4v) is 1.42. The van der Waals surface area contributed by atoms with E-state index in [2.05, 4.69) is 49.4 Å². The van der Waals surface area contributed by atoms with Gasteiger partial charge in [-0.15, -0.1) is 0 Å². The molecule has 15 heavy (non-hydrogen) atoms. The van der Waals surface area contributed by atoms with Crippen LogP contribution in [0.4, 0.5) is 5.82 Å². The van der Waals surface area contributed by atoms with E-state index in [4.69, 9.17) is 0 Å². The van der Waals surface area contributed by atoms with Crippen LogP contribution in [0.3, 0.4) is 0 Å². The number of aryl methyl sites for hydroxylation is 1. The molecule has 2 N–H and O–H groups in total. The quantitative estimate of drug-likeness (QED) is 0.798. The van der Waals surface area contributed by atoms with Crippen LogP contribution in [-0.4, -0.2) is 17.6 Å². The highest BCUT2D eigenvalue weighted by Gasteiger charge is 2.11. The molecule has 1 heterocycles. The Kier molecular flexibility index (Phi) is 3.69. The Morgan fingerprint density at radius 3 is 2.47 bits per heavy atom. The van der Waals surface area contributed by atoms with Crippen molar-refractivity contribution in [2.24, 2.45) is 0 Å². The van der Waals surface area contributed by atoms with Crippen molar-refractivity contribution in [2.75, 3.05) is 12.4 Å². The van der Waals surface area contributed by atoms with Gasteiger partial charge in [0.05, 0.1) is 0 Å². The number of aromatic nitrogens is 1. The summed E-state index contributed by atoms with van der Waals surface area (Å²) in [5.74, 6) is 0.974. The van der Waals surface area contributed by atoms with E-state index in [1.165, 1.54) is 11.1 Å². The van der Waals surface area contributed by atoms with Crippen LogP contribution in [0.1, 0.15) is 31.9 Å². The predicted octanol–water partition coefficient (Wildman–Crippen LogP) is 2.32. The molecule has 0 saturated heterocycles. The number of nitrogens with one attached hydrogen (secondary N) is 2. The zero-order valence-corrected chi connectivity index (χ0v) is 10.3. The first kappa shape index (κ1) is 12.0. The lowest BCUT2D eigenvalue weighted by Gasteiger charge is -2.22. The Hall–Kier alpha value is -1.09. The summed E-state index contributed by atoms with van der Waals surface area (Å²) in [6, 6.07) is 2.16. The highest BCUT2D eigenvalue weighted by Crippen LogP contribution is 2.17. The summed E-state index contributed by atoms with van der Waals surface area (Å²) in [6.07, 6.45) is 1.91. The minimum absolute atomic E-state index is 0.0578. The molecule has 0 atom stereocenters. The molecule has 0 radical (unpaired) electrons. The molecule has 0 unspecified atom stereocenters. The zero-order chi connectivity index (χ0) is 11.5. The molecule has 0 aromatic carbocycles. The van der Waals surface area contributed by atoms with Gasteiger partial charge < -0.3 is 10.6 Å². The number of hydrogen-bond acceptors (Lipinski definition) is 3. The molecule has 0 fully saturated rings. The van der Waals surface area contributed by atoms with Crippen LogP contribution in [0, 0.1) is 6.92 Å². The molecule has 0 aliphatic carbocycles. The van der Waals surface area contributed by atoms with Crippen LogP contribution >= 0.6 is 0 Å². The molecule has 0 saturated carbocycles. The van der Waals surface area contributed by atoms with Gasteiger partial charge in [0, 0.05) is 18.3 Å². The lowest BCUT2D eigenvalue weighted by Crippen LogP contribution is -2.27. The molecule has 84 valence electrons. The lowest BCUT2D eigenvalue weighted by molar-refractivity contribution is 0.629. The number of pyridine rings is 1. The number of rotatable bonds is 3. The van der Waals surface area contributed by atoms with Gasteiger partial charge in [-0.05, 0) is 51.9 Å². The number of anilines is 1. The number of nitrogens with zero attached hydrogens (tertiary/aromatic N) is 1. The Balaban J connectivity index is 2.84. The maximum absolute atomic E-state index is 4.43. The third-order valence-corrected chi connectivity index (χ3v) is 2.01. The molecule has 1 aromatic heterocycles. The smallest absolute Gasteiger partial charge is 0.129 e. The first-order chi connectivity index (χ1) is 6.92. The van der Waals surface area contributed by atoms with E-state index in [1.54, 1.807) is 0 Å². The summed E-state index contributed by atoms with van der Waals surface area (Å²) in [5.41, 5.74) is 2.47. The number of hydrogen-bond donors (Lipinski definition) is 2. The molecular weight excluding hydrogens is 186 g/mol. The third-order valence-electron chi connectivity index (χ3n) is 2.01. The van der Waals surface area contributed by atoms with Crippen LogP contribution in [0.25, 0.3) is 0 Å². The molecular formula is C12H21N3. The standard InChI is InChI=1S/C12H21N3/c1-9-6-10(7-13-5)8-14-11(9)15-12(2,3)4/h6,8,13H,7H2,1-5H3,(H,14,15). The Labute approximate surface area is 92.3 Å². The van der Waals surface area contributed by atoms with Gasteiger partial charge in [0.25, 0.3) is 0 Å². The Bertz CT molecular complexity index is 326. The van der Waals surface area contributed by atoms with Gasteiger partial charge >= 0.3 is 0 Å². The largest absolute Gasteiger partial charge is 0.365 e. The molecule has 0 aliphatic heterocycles. The van der Waals surface area contributed by atoms with Crippen molar-refractivity contribution in [1.29, 1.82) is 0 Å². The molecule has 3 nitrogen and oxygen atoms in total. The van der Waals surface area contributed by atoms with E-state index in [1.807, 2.05) is 13.2 Å². The van der Waals surface area contributed by atoms with Gasteiger partial charge in [-0.2, -0.15) is 0 Å². The van der Waals surface area contributed by atoms with Crippen molar-refractivity contribution in [3.8, 4) is 0 Å². The molecule has 0 amide bonds.